The van der Waals surface area contributed by atoms with Gasteiger partial charge in [-0.25, -0.2) is 4.99 Å². The number of benzene rings is 1. The third-order valence-electron chi connectivity index (χ3n) is 3.11. The van der Waals surface area contributed by atoms with E-state index in [0.717, 1.165) is 11.4 Å². The van der Waals surface area contributed by atoms with Crippen molar-refractivity contribution in [2.24, 2.45) is 17.8 Å². The van der Waals surface area contributed by atoms with Crippen LogP contribution in [0.5, 0.6) is 0 Å². The monoisotopic (exact) mass is 385 g/mol. The lowest BCUT2D eigenvalue weighted by molar-refractivity contribution is 0.712. The van der Waals surface area contributed by atoms with E-state index >= 15 is 0 Å². The number of anilines is 1. The van der Waals surface area contributed by atoms with Crippen LogP contribution >= 0.6 is 24.0 Å². The van der Waals surface area contributed by atoms with Gasteiger partial charge < -0.3 is 11.1 Å². The van der Waals surface area contributed by atoms with Crippen molar-refractivity contribution in [2.75, 3.05) is 5.32 Å². The molecule has 0 aliphatic rings. The van der Waals surface area contributed by atoms with E-state index in [9.17, 15) is 0 Å². The lowest BCUT2D eigenvalue weighted by Gasteiger charge is -2.08. The zero-order valence-electron chi connectivity index (χ0n) is 11.9. The predicted octanol–water partition coefficient (Wildman–Crippen LogP) is 2.58. The van der Waals surface area contributed by atoms with Crippen LogP contribution < -0.4 is 11.1 Å². The Labute approximate surface area is 136 Å². The summed E-state index contributed by atoms with van der Waals surface area (Å²) < 4.78 is 1.78. The van der Waals surface area contributed by atoms with E-state index in [0.29, 0.717) is 12.5 Å². The fraction of sp³-hybridized carbons (Fsp3) is 0.286. The average molecular weight is 385 g/mol. The average Bonchev–Trinajstić information content (AvgIpc) is 2.77. The van der Waals surface area contributed by atoms with E-state index in [1.54, 1.807) is 10.9 Å². The molecule has 0 aliphatic carbocycles. The summed E-state index contributed by atoms with van der Waals surface area (Å²) in [6.07, 6.45) is 1.75. The van der Waals surface area contributed by atoms with E-state index in [1.165, 1.54) is 11.1 Å². The topological polar surface area (TPSA) is 68.2 Å². The van der Waals surface area contributed by atoms with Gasteiger partial charge in [0.15, 0.2) is 5.96 Å². The van der Waals surface area contributed by atoms with Crippen LogP contribution in [0.15, 0.2) is 35.5 Å². The van der Waals surface area contributed by atoms with Crippen LogP contribution in [-0.2, 0) is 13.6 Å². The first-order valence-corrected chi connectivity index (χ1v) is 6.17. The molecule has 0 aliphatic heterocycles. The van der Waals surface area contributed by atoms with Crippen LogP contribution in [0.1, 0.15) is 16.8 Å². The molecule has 1 aromatic heterocycles. The van der Waals surface area contributed by atoms with Gasteiger partial charge in [0.25, 0.3) is 0 Å². The van der Waals surface area contributed by atoms with Crippen molar-refractivity contribution in [1.82, 2.24) is 9.78 Å². The van der Waals surface area contributed by atoms with Crippen LogP contribution in [-0.4, -0.2) is 15.7 Å². The highest BCUT2D eigenvalue weighted by Gasteiger charge is 2.00. The summed E-state index contributed by atoms with van der Waals surface area (Å²) in [5.41, 5.74) is 10.3. The second kappa shape index (κ2) is 7.28. The minimum atomic E-state index is 0. The van der Waals surface area contributed by atoms with E-state index < -0.39 is 0 Å². The van der Waals surface area contributed by atoms with Gasteiger partial charge in [-0.05, 0) is 43.2 Å². The smallest absolute Gasteiger partial charge is 0.193 e. The number of nitrogens with two attached hydrogens (primary N) is 1. The Hall–Kier alpha value is -1.57. The molecular weight excluding hydrogens is 365 g/mol. The maximum atomic E-state index is 5.87. The molecule has 20 heavy (non-hydrogen) atoms. The van der Waals surface area contributed by atoms with E-state index in [1.807, 2.05) is 19.2 Å². The first-order valence-electron chi connectivity index (χ1n) is 6.17. The number of halogens is 1. The second-order valence-electron chi connectivity index (χ2n) is 4.57. The van der Waals surface area contributed by atoms with Crippen LogP contribution in [0, 0.1) is 13.8 Å². The molecular formula is C14H20IN5. The van der Waals surface area contributed by atoms with Crippen molar-refractivity contribution < 1.29 is 0 Å². The number of nitrogens with one attached hydrogen (secondary N) is 1. The van der Waals surface area contributed by atoms with Gasteiger partial charge in [0.2, 0.25) is 0 Å². The Morgan fingerprint density at radius 1 is 1.30 bits per heavy atom. The number of hydrogen-bond acceptors (Lipinski definition) is 2. The number of hydrogen-bond donors (Lipinski definition) is 2. The molecule has 0 fully saturated rings. The van der Waals surface area contributed by atoms with E-state index in [4.69, 9.17) is 5.73 Å². The minimum Gasteiger partial charge on any atom is -0.370 e. The zero-order chi connectivity index (χ0) is 13.8. The van der Waals surface area contributed by atoms with E-state index in [2.05, 4.69) is 41.4 Å². The number of aryl methyl sites for hydroxylation is 3. The molecule has 1 heterocycles. The van der Waals surface area contributed by atoms with Gasteiger partial charge in [-0.3, -0.25) is 4.68 Å². The highest BCUT2D eigenvalue weighted by Crippen LogP contribution is 2.13. The second-order valence-corrected chi connectivity index (χ2v) is 4.57. The number of aliphatic imine (C=N–C) groups is 1. The molecule has 6 heteroatoms. The summed E-state index contributed by atoms with van der Waals surface area (Å²) in [5.74, 6) is 0.407. The summed E-state index contributed by atoms with van der Waals surface area (Å²) in [6.45, 7) is 4.67. The summed E-state index contributed by atoms with van der Waals surface area (Å²) in [7, 11) is 1.89. The summed E-state index contributed by atoms with van der Waals surface area (Å²) >= 11 is 0. The molecule has 0 saturated heterocycles. The number of rotatable bonds is 3. The Bertz CT molecular complexity index is 603. The minimum absolute atomic E-state index is 0. The van der Waals surface area contributed by atoms with E-state index in [-0.39, 0.29) is 24.0 Å². The SMILES string of the molecule is Cc1ccc(NC(N)=NCc2ccnn2C)cc1C.I. The lowest BCUT2D eigenvalue weighted by Crippen LogP contribution is -2.22. The predicted molar refractivity (Wildman–Crippen MR) is 93.5 cm³/mol. The first-order chi connectivity index (χ1) is 9.06. The maximum Gasteiger partial charge on any atom is 0.193 e. The van der Waals surface area contributed by atoms with Gasteiger partial charge in [0.05, 0.1) is 12.2 Å². The van der Waals surface area contributed by atoms with Crippen molar-refractivity contribution >= 4 is 35.6 Å². The molecule has 2 rings (SSSR count). The van der Waals surface area contributed by atoms with Crippen molar-refractivity contribution in [2.45, 2.75) is 20.4 Å². The fourth-order valence-corrected chi connectivity index (χ4v) is 1.73. The highest BCUT2D eigenvalue weighted by molar-refractivity contribution is 14.0. The van der Waals surface area contributed by atoms with Crippen molar-refractivity contribution in [1.29, 1.82) is 0 Å². The van der Waals surface area contributed by atoms with Gasteiger partial charge in [0, 0.05) is 18.9 Å². The fourth-order valence-electron chi connectivity index (χ4n) is 1.73. The first kappa shape index (κ1) is 16.5. The third kappa shape index (κ3) is 4.22. The van der Waals surface area contributed by atoms with Gasteiger partial charge in [0.1, 0.15) is 0 Å². The molecule has 0 amide bonds. The third-order valence-corrected chi connectivity index (χ3v) is 3.11. The zero-order valence-corrected chi connectivity index (χ0v) is 14.3. The van der Waals surface area contributed by atoms with Crippen LogP contribution in [0.25, 0.3) is 0 Å². The Morgan fingerprint density at radius 2 is 2.05 bits per heavy atom. The molecule has 108 valence electrons. The van der Waals surface area contributed by atoms with Crippen molar-refractivity contribution in [3.8, 4) is 0 Å². The van der Waals surface area contributed by atoms with Crippen molar-refractivity contribution in [3.63, 3.8) is 0 Å². The summed E-state index contributed by atoms with van der Waals surface area (Å²) in [5, 5.41) is 7.18. The molecule has 0 atom stereocenters. The number of guanidine groups is 1. The molecule has 1 aromatic carbocycles. The molecule has 0 unspecified atom stereocenters. The van der Waals surface area contributed by atoms with Gasteiger partial charge >= 0.3 is 0 Å². The standard InChI is InChI=1S/C14H19N5.HI/c1-10-4-5-12(8-11(10)2)18-14(15)16-9-13-6-7-17-19(13)3;/h4-8H,9H2,1-3H3,(H3,15,16,18);1H. The van der Waals surface area contributed by atoms with Crippen LogP contribution in [0.3, 0.4) is 0 Å². The Kier molecular flexibility index (Phi) is 6.00. The van der Waals surface area contributed by atoms with Crippen LogP contribution in [0.2, 0.25) is 0 Å². The number of nitrogens with zero attached hydrogens (tertiary/aromatic N) is 3. The van der Waals surface area contributed by atoms with Gasteiger partial charge in [-0.1, -0.05) is 6.07 Å². The van der Waals surface area contributed by atoms with Gasteiger partial charge in [-0.15, -0.1) is 24.0 Å². The van der Waals surface area contributed by atoms with Crippen LogP contribution in [0.4, 0.5) is 5.69 Å². The molecule has 5 nitrogen and oxygen atoms in total. The molecule has 0 radical (unpaired) electrons. The Morgan fingerprint density at radius 3 is 2.65 bits per heavy atom. The molecule has 0 bridgehead atoms. The quantitative estimate of drug-likeness (QED) is 0.485. The molecule has 2 aromatic rings. The molecule has 0 saturated carbocycles. The summed E-state index contributed by atoms with van der Waals surface area (Å²) in [4.78, 5) is 4.30. The van der Waals surface area contributed by atoms with Crippen molar-refractivity contribution in [3.05, 3.63) is 47.3 Å². The maximum absolute atomic E-state index is 5.87. The lowest BCUT2D eigenvalue weighted by atomic mass is 10.1. The van der Waals surface area contributed by atoms with Gasteiger partial charge in [-0.2, -0.15) is 5.10 Å². The molecule has 0 spiro atoms. The largest absolute Gasteiger partial charge is 0.370 e. The number of aromatic nitrogens is 2. The normalized spacial score (nSPS) is 11.1. The molecule has 3 N–H and O–H groups in total. The highest BCUT2D eigenvalue weighted by atomic mass is 127. The Balaban J connectivity index is 0.00000200. The summed E-state index contributed by atoms with van der Waals surface area (Å²) in [6, 6.07) is 8.04.